The van der Waals surface area contributed by atoms with Crippen molar-refractivity contribution in [3.63, 3.8) is 0 Å². The van der Waals surface area contributed by atoms with Crippen molar-refractivity contribution >= 4 is 17.7 Å². The molecular weight excluding hydrogens is 198 g/mol. The van der Waals surface area contributed by atoms with Crippen LogP contribution in [0.5, 0.6) is 0 Å². The Labute approximate surface area is 86.7 Å². The molecule has 3 nitrogen and oxygen atoms in total. The van der Waals surface area contributed by atoms with Gasteiger partial charge in [0.1, 0.15) is 0 Å². The van der Waals surface area contributed by atoms with Crippen LogP contribution >= 0.6 is 11.8 Å². The number of thioether (sulfide) groups is 1. The molecule has 0 fully saturated rings. The van der Waals surface area contributed by atoms with Crippen molar-refractivity contribution in [2.75, 3.05) is 12.9 Å². The van der Waals surface area contributed by atoms with Crippen molar-refractivity contribution in [3.05, 3.63) is 29.8 Å². The number of benzene rings is 1. The monoisotopic (exact) mass is 207 g/mol. The lowest BCUT2D eigenvalue weighted by Crippen LogP contribution is -2.02. The van der Waals surface area contributed by atoms with Gasteiger partial charge in [0, 0.05) is 4.90 Å². The summed E-state index contributed by atoms with van der Waals surface area (Å²) < 4.78 is 4.62. The summed E-state index contributed by atoms with van der Waals surface area (Å²) >= 11 is 1.33. The first kappa shape index (κ1) is 10.6. The van der Waals surface area contributed by atoms with E-state index in [1.165, 1.54) is 18.9 Å². The summed E-state index contributed by atoms with van der Waals surface area (Å²) in [4.78, 5) is 12.1. The number of ether oxygens (including phenoxy) is 1. The van der Waals surface area contributed by atoms with Crippen molar-refractivity contribution in [1.29, 1.82) is 5.26 Å². The number of carbonyl (C=O) groups is 1. The molecule has 0 atom stereocenters. The molecule has 0 heterocycles. The smallest absolute Gasteiger partial charge is 0.338 e. The van der Waals surface area contributed by atoms with Gasteiger partial charge in [-0.25, -0.2) is 4.79 Å². The normalized spacial score (nSPS) is 9.14. The summed E-state index contributed by atoms with van der Waals surface area (Å²) in [6.07, 6.45) is 0. The van der Waals surface area contributed by atoms with Gasteiger partial charge < -0.3 is 4.74 Å². The van der Waals surface area contributed by atoms with E-state index >= 15 is 0 Å². The van der Waals surface area contributed by atoms with Crippen LogP contribution in [0.25, 0.3) is 0 Å². The summed E-state index contributed by atoms with van der Waals surface area (Å²) in [6.45, 7) is 0. The molecule has 0 aliphatic rings. The van der Waals surface area contributed by atoms with Crippen molar-refractivity contribution in [2.24, 2.45) is 0 Å². The van der Waals surface area contributed by atoms with Crippen LogP contribution < -0.4 is 0 Å². The third-order valence-corrected chi connectivity index (χ3v) is 2.53. The van der Waals surface area contributed by atoms with E-state index in [4.69, 9.17) is 5.26 Å². The number of esters is 1. The summed E-state index contributed by atoms with van der Waals surface area (Å²) in [5.41, 5.74) is 0.509. The molecular formula is C10H9NO2S. The van der Waals surface area contributed by atoms with Crippen LogP contribution in [-0.2, 0) is 4.74 Å². The highest BCUT2D eigenvalue weighted by molar-refractivity contribution is 7.99. The number of nitrogens with zero attached hydrogens (tertiary/aromatic N) is 1. The van der Waals surface area contributed by atoms with E-state index in [9.17, 15) is 4.79 Å². The van der Waals surface area contributed by atoms with Gasteiger partial charge >= 0.3 is 5.97 Å². The molecule has 14 heavy (non-hydrogen) atoms. The molecule has 0 spiro atoms. The lowest BCUT2D eigenvalue weighted by Gasteiger charge is -2.04. The number of hydrogen-bond acceptors (Lipinski definition) is 4. The zero-order valence-electron chi connectivity index (χ0n) is 7.69. The van der Waals surface area contributed by atoms with Crippen molar-refractivity contribution in [2.45, 2.75) is 4.90 Å². The van der Waals surface area contributed by atoms with Gasteiger partial charge in [0.15, 0.2) is 0 Å². The number of hydrogen-bond donors (Lipinski definition) is 0. The molecule has 0 N–H and O–H groups in total. The van der Waals surface area contributed by atoms with E-state index in [-0.39, 0.29) is 5.97 Å². The highest BCUT2D eigenvalue weighted by atomic mass is 32.2. The van der Waals surface area contributed by atoms with Gasteiger partial charge in [0.25, 0.3) is 0 Å². The molecule has 0 bridgehead atoms. The van der Waals surface area contributed by atoms with Gasteiger partial charge in [0.2, 0.25) is 0 Å². The predicted molar refractivity (Wildman–Crippen MR) is 54.1 cm³/mol. The van der Waals surface area contributed by atoms with E-state index in [1.54, 1.807) is 18.2 Å². The number of carbonyl (C=O) groups excluding carboxylic acids is 1. The molecule has 0 saturated heterocycles. The Morgan fingerprint density at radius 2 is 2.29 bits per heavy atom. The number of rotatable bonds is 3. The van der Waals surface area contributed by atoms with Crippen LogP contribution in [0.15, 0.2) is 29.2 Å². The zero-order valence-corrected chi connectivity index (χ0v) is 8.50. The molecule has 0 amide bonds. The molecule has 1 aromatic rings. The minimum absolute atomic E-state index is 0.327. The van der Waals surface area contributed by atoms with E-state index < -0.39 is 0 Å². The first-order valence-electron chi connectivity index (χ1n) is 3.96. The van der Waals surface area contributed by atoms with Gasteiger partial charge in [-0.05, 0) is 12.1 Å². The highest BCUT2D eigenvalue weighted by Crippen LogP contribution is 2.22. The zero-order chi connectivity index (χ0) is 10.4. The fourth-order valence-corrected chi connectivity index (χ4v) is 1.68. The van der Waals surface area contributed by atoms with Crippen molar-refractivity contribution in [3.8, 4) is 6.07 Å². The van der Waals surface area contributed by atoms with E-state index in [0.29, 0.717) is 11.3 Å². The fraction of sp³-hybridized carbons (Fsp3) is 0.200. The Bertz CT molecular complexity index is 371. The lowest BCUT2D eigenvalue weighted by molar-refractivity contribution is 0.0597. The topological polar surface area (TPSA) is 50.1 Å². The van der Waals surface area contributed by atoms with Gasteiger partial charge in [0.05, 0.1) is 24.5 Å². The second-order valence-electron chi connectivity index (χ2n) is 2.43. The first-order valence-corrected chi connectivity index (χ1v) is 4.95. The highest BCUT2D eigenvalue weighted by Gasteiger charge is 2.10. The minimum atomic E-state index is -0.369. The molecule has 1 aromatic carbocycles. The van der Waals surface area contributed by atoms with E-state index in [1.807, 2.05) is 12.1 Å². The largest absolute Gasteiger partial charge is 0.465 e. The molecule has 0 aliphatic heterocycles. The molecule has 0 aliphatic carbocycles. The quantitative estimate of drug-likeness (QED) is 0.562. The Balaban J connectivity index is 2.92. The number of methoxy groups -OCH3 is 1. The Hall–Kier alpha value is -1.47. The predicted octanol–water partition coefficient (Wildman–Crippen LogP) is 2.09. The average Bonchev–Trinajstić information content (AvgIpc) is 2.25. The van der Waals surface area contributed by atoms with Crippen LogP contribution in [0, 0.1) is 11.3 Å². The van der Waals surface area contributed by atoms with Crippen molar-refractivity contribution in [1.82, 2.24) is 0 Å². The molecule has 1 rings (SSSR count). The standard InChI is InChI=1S/C10H9NO2S/c1-13-10(12)8-4-2-3-5-9(8)14-7-6-11/h2-5H,7H2,1H3. The maximum absolute atomic E-state index is 11.3. The molecule has 0 saturated carbocycles. The second kappa shape index (κ2) is 5.30. The van der Waals surface area contributed by atoms with Crippen molar-refractivity contribution < 1.29 is 9.53 Å². The van der Waals surface area contributed by atoms with Crippen LogP contribution in [-0.4, -0.2) is 18.8 Å². The molecule has 72 valence electrons. The third-order valence-electron chi connectivity index (χ3n) is 1.58. The van der Waals surface area contributed by atoms with Gasteiger partial charge in [-0.1, -0.05) is 12.1 Å². The molecule has 0 aromatic heterocycles. The average molecular weight is 207 g/mol. The maximum Gasteiger partial charge on any atom is 0.338 e. The second-order valence-corrected chi connectivity index (χ2v) is 3.45. The third kappa shape index (κ3) is 2.51. The molecule has 4 heteroatoms. The van der Waals surface area contributed by atoms with Crippen LogP contribution in [0.1, 0.15) is 10.4 Å². The van der Waals surface area contributed by atoms with Crippen LogP contribution in [0.3, 0.4) is 0 Å². The molecule has 0 radical (unpaired) electrons. The van der Waals surface area contributed by atoms with Gasteiger partial charge in [-0.2, -0.15) is 5.26 Å². The number of nitriles is 1. The van der Waals surface area contributed by atoms with Gasteiger partial charge in [-0.15, -0.1) is 11.8 Å². The first-order chi connectivity index (χ1) is 6.79. The van der Waals surface area contributed by atoms with E-state index in [0.717, 1.165) is 4.90 Å². The minimum Gasteiger partial charge on any atom is -0.465 e. The van der Waals surface area contributed by atoms with E-state index in [2.05, 4.69) is 4.74 Å². The van der Waals surface area contributed by atoms with Crippen LogP contribution in [0.4, 0.5) is 0 Å². The van der Waals surface area contributed by atoms with Gasteiger partial charge in [-0.3, -0.25) is 0 Å². The fourth-order valence-electron chi connectivity index (χ4n) is 0.981. The summed E-state index contributed by atoms with van der Waals surface area (Å²) in [6, 6.07) is 9.09. The maximum atomic E-state index is 11.3. The Kier molecular flexibility index (Phi) is 4.02. The Morgan fingerprint density at radius 3 is 2.93 bits per heavy atom. The summed E-state index contributed by atoms with van der Waals surface area (Å²) in [5, 5.41) is 8.43. The van der Waals surface area contributed by atoms with Crippen LogP contribution in [0.2, 0.25) is 0 Å². The summed E-state index contributed by atoms with van der Waals surface area (Å²) in [7, 11) is 1.34. The Morgan fingerprint density at radius 1 is 1.57 bits per heavy atom. The SMILES string of the molecule is COC(=O)c1ccccc1SCC#N. The summed E-state index contributed by atoms with van der Waals surface area (Å²) in [5.74, 6) is -0.0420. The lowest BCUT2D eigenvalue weighted by atomic mass is 10.2. The molecule has 0 unspecified atom stereocenters.